The molecule has 2 heterocycles. The Kier molecular flexibility index (Phi) is 5.07. The Morgan fingerprint density at radius 3 is 2.69 bits per heavy atom. The summed E-state index contributed by atoms with van der Waals surface area (Å²) in [5.41, 5.74) is 0.833. The average molecular weight is 388 g/mol. The lowest BCUT2D eigenvalue weighted by Crippen LogP contribution is -2.23. The number of hydrogen-bond donors (Lipinski definition) is 1. The quantitative estimate of drug-likeness (QED) is 0.665. The second kappa shape index (κ2) is 7.28. The first-order valence-corrected chi connectivity index (χ1v) is 9.03. The van der Waals surface area contributed by atoms with Gasteiger partial charge in [-0.2, -0.15) is 5.26 Å². The van der Waals surface area contributed by atoms with Gasteiger partial charge in [0.05, 0.1) is 11.5 Å². The van der Waals surface area contributed by atoms with Crippen molar-refractivity contribution in [3.63, 3.8) is 0 Å². The zero-order valence-electron chi connectivity index (χ0n) is 13.8. The summed E-state index contributed by atoms with van der Waals surface area (Å²) in [6.07, 6.45) is 0.812. The third kappa shape index (κ3) is 3.21. The first-order valence-electron chi connectivity index (χ1n) is 7.84. The van der Waals surface area contributed by atoms with Crippen molar-refractivity contribution in [1.29, 1.82) is 5.26 Å². The number of carboxylic acids is 1. The van der Waals surface area contributed by atoms with Crippen LogP contribution in [0.3, 0.4) is 0 Å². The van der Waals surface area contributed by atoms with Gasteiger partial charge in [0.2, 0.25) is 0 Å². The molecule has 0 radical (unpaired) electrons. The molecule has 1 aromatic carbocycles. The monoisotopic (exact) mass is 387 g/mol. The van der Waals surface area contributed by atoms with Gasteiger partial charge in [0, 0.05) is 23.6 Å². The average Bonchev–Trinajstić information content (AvgIpc) is 2.95. The summed E-state index contributed by atoms with van der Waals surface area (Å²) >= 11 is 6.93. The highest BCUT2D eigenvalue weighted by atomic mass is 35.5. The van der Waals surface area contributed by atoms with Crippen LogP contribution in [-0.4, -0.2) is 20.6 Å². The summed E-state index contributed by atoms with van der Waals surface area (Å²) in [4.78, 5) is 29.6. The Labute approximate surface area is 157 Å². The molecule has 0 spiro atoms. The molecule has 0 amide bonds. The summed E-state index contributed by atoms with van der Waals surface area (Å²) < 4.78 is 1.51. The van der Waals surface area contributed by atoms with Gasteiger partial charge >= 0.3 is 5.97 Å². The van der Waals surface area contributed by atoms with Crippen molar-refractivity contribution in [2.24, 2.45) is 0 Å². The van der Waals surface area contributed by atoms with Gasteiger partial charge in [-0.1, -0.05) is 11.6 Å². The molecule has 0 unspecified atom stereocenters. The number of rotatable bonds is 5. The maximum absolute atomic E-state index is 13.1. The lowest BCUT2D eigenvalue weighted by molar-refractivity contribution is 0.0701. The summed E-state index contributed by atoms with van der Waals surface area (Å²) in [5.74, 6) is -0.635. The van der Waals surface area contributed by atoms with Gasteiger partial charge in [-0.3, -0.25) is 9.36 Å². The highest BCUT2D eigenvalue weighted by Gasteiger charge is 2.21. The molecule has 0 fully saturated rings. The van der Waals surface area contributed by atoms with Crippen LogP contribution < -0.4 is 5.56 Å². The Balaban J connectivity index is 2.28. The normalized spacial score (nSPS) is 10.8. The van der Waals surface area contributed by atoms with Crippen LogP contribution in [0.5, 0.6) is 0 Å². The summed E-state index contributed by atoms with van der Waals surface area (Å²) in [6.45, 7) is 1.94. The van der Waals surface area contributed by atoms with Gasteiger partial charge in [0.15, 0.2) is 0 Å². The zero-order chi connectivity index (χ0) is 18.8. The highest BCUT2D eigenvalue weighted by molar-refractivity contribution is 7.20. The molecule has 0 saturated carbocycles. The number of hydrogen-bond acceptors (Lipinski definition) is 5. The van der Waals surface area contributed by atoms with E-state index in [1.807, 2.05) is 0 Å². The lowest BCUT2D eigenvalue weighted by atomic mass is 10.1. The Hall–Kier alpha value is -2.69. The third-order valence-corrected chi connectivity index (χ3v) is 5.44. The molecule has 132 valence electrons. The van der Waals surface area contributed by atoms with Crippen molar-refractivity contribution < 1.29 is 9.90 Å². The van der Waals surface area contributed by atoms with Crippen LogP contribution in [0.15, 0.2) is 29.1 Å². The Morgan fingerprint density at radius 2 is 2.08 bits per heavy atom. The molecule has 0 aliphatic heterocycles. The number of carboxylic acid groups (broad SMARTS) is 1. The van der Waals surface area contributed by atoms with Crippen molar-refractivity contribution in [2.45, 2.75) is 26.3 Å². The number of aromatic nitrogens is 2. The van der Waals surface area contributed by atoms with E-state index in [-0.39, 0.29) is 10.4 Å². The SMILES string of the molecule is Cc1c(C(=O)O)sc2nc(-c3ccc(Cl)cc3)n(CCCC#N)c(=O)c12. The number of fused-ring (bicyclic) bond motifs is 1. The fourth-order valence-corrected chi connectivity index (χ4v) is 3.90. The van der Waals surface area contributed by atoms with Crippen LogP contribution in [0.2, 0.25) is 5.02 Å². The zero-order valence-corrected chi connectivity index (χ0v) is 15.4. The van der Waals surface area contributed by atoms with Crippen molar-refractivity contribution in [3.8, 4) is 17.5 Å². The number of aromatic carboxylic acids is 1. The number of nitriles is 1. The standard InChI is InChI=1S/C18H14ClN3O3S/c1-10-13-16(26-14(10)18(24)25)21-15(11-4-6-12(19)7-5-11)22(17(13)23)9-3-2-8-20/h4-7H,2-3,9H2,1H3,(H,24,25). The molecule has 0 aliphatic carbocycles. The molecule has 0 saturated heterocycles. The van der Waals surface area contributed by atoms with Crippen LogP contribution in [0.4, 0.5) is 0 Å². The third-order valence-electron chi connectivity index (χ3n) is 4.02. The number of aryl methyl sites for hydroxylation is 1. The minimum absolute atomic E-state index is 0.112. The van der Waals surface area contributed by atoms with Crippen molar-refractivity contribution in [3.05, 3.63) is 50.1 Å². The van der Waals surface area contributed by atoms with E-state index < -0.39 is 5.97 Å². The van der Waals surface area contributed by atoms with E-state index in [9.17, 15) is 14.7 Å². The highest BCUT2D eigenvalue weighted by Crippen LogP contribution is 2.30. The summed E-state index contributed by atoms with van der Waals surface area (Å²) in [7, 11) is 0. The molecule has 3 aromatic rings. The first-order chi connectivity index (χ1) is 12.4. The van der Waals surface area contributed by atoms with Gasteiger partial charge in [0.25, 0.3) is 5.56 Å². The molecule has 0 bridgehead atoms. The second-order valence-corrected chi connectivity index (χ2v) is 7.14. The van der Waals surface area contributed by atoms with Crippen LogP contribution >= 0.6 is 22.9 Å². The van der Waals surface area contributed by atoms with Gasteiger partial charge in [-0.05, 0) is 43.2 Å². The van der Waals surface area contributed by atoms with Gasteiger partial charge in [-0.15, -0.1) is 11.3 Å². The number of halogens is 1. The minimum Gasteiger partial charge on any atom is -0.477 e. The van der Waals surface area contributed by atoms with Crippen molar-refractivity contribution in [1.82, 2.24) is 9.55 Å². The van der Waals surface area contributed by atoms with E-state index in [2.05, 4.69) is 11.1 Å². The molecule has 3 rings (SSSR count). The smallest absolute Gasteiger partial charge is 0.346 e. The molecule has 26 heavy (non-hydrogen) atoms. The predicted octanol–water partition coefficient (Wildman–Crippen LogP) is 4.09. The molecule has 0 aliphatic rings. The van der Waals surface area contributed by atoms with Gasteiger partial charge in [-0.25, -0.2) is 9.78 Å². The largest absolute Gasteiger partial charge is 0.477 e. The van der Waals surface area contributed by atoms with Crippen molar-refractivity contribution >= 4 is 39.1 Å². The molecule has 6 nitrogen and oxygen atoms in total. The molecular formula is C18H14ClN3O3S. The van der Waals surface area contributed by atoms with E-state index in [0.717, 1.165) is 11.3 Å². The maximum Gasteiger partial charge on any atom is 0.346 e. The van der Waals surface area contributed by atoms with Crippen molar-refractivity contribution in [2.75, 3.05) is 0 Å². The number of unbranched alkanes of at least 4 members (excludes halogenated alkanes) is 1. The van der Waals surface area contributed by atoms with Crippen LogP contribution in [-0.2, 0) is 6.54 Å². The summed E-state index contributed by atoms with van der Waals surface area (Å²) in [5, 5.41) is 19.0. The number of benzene rings is 1. The molecule has 2 aromatic heterocycles. The topological polar surface area (TPSA) is 96.0 Å². The van der Waals surface area contributed by atoms with E-state index in [4.69, 9.17) is 16.9 Å². The Bertz CT molecular complexity index is 1090. The van der Waals surface area contributed by atoms with Crippen LogP contribution in [0, 0.1) is 18.3 Å². The lowest BCUT2D eigenvalue weighted by Gasteiger charge is -2.12. The van der Waals surface area contributed by atoms with E-state index in [0.29, 0.717) is 51.6 Å². The van der Waals surface area contributed by atoms with Crippen LogP contribution in [0.25, 0.3) is 21.6 Å². The molecule has 8 heteroatoms. The molecule has 1 N–H and O–H groups in total. The van der Waals surface area contributed by atoms with Crippen LogP contribution in [0.1, 0.15) is 28.1 Å². The summed E-state index contributed by atoms with van der Waals surface area (Å²) in [6, 6.07) is 8.99. The number of thiophene rings is 1. The first kappa shape index (κ1) is 18.1. The van der Waals surface area contributed by atoms with Gasteiger partial charge in [0.1, 0.15) is 15.5 Å². The Morgan fingerprint density at radius 1 is 1.38 bits per heavy atom. The van der Waals surface area contributed by atoms with Gasteiger partial charge < -0.3 is 5.11 Å². The maximum atomic E-state index is 13.1. The fraction of sp³-hybridized carbons (Fsp3) is 0.222. The molecular weight excluding hydrogens is 374 g/mol. The molecule has 0 atom stereocenters. The van der Waals surface area contributed by atoms with E-state index >= 15 is 0 Å². The number of nitrogens with zero attached hydrogens (tertiary/aromatic N) is 3. The fourth-order valence-electron chi connectivity index (χ4n) is 2.76. The minimum atomic E-state index is -1.08. The van der Waals surface area contributed by atoms with E-state index in [1.165, 1.54) is 4.57 Å². The second-order valence-electron chi connectivity index (χ2n) is 5.70. The number of carbonyl (C=O) groups is 1. The van der Waals surface area contributed by atoms with E-state index in [1.54, 1.807) is 31.2 Å². The predicted molar refractivity (Wildman–Crippen MR) is 101 cm³/mol.